The first-order chi connectivity index (χ1) is 11.1. The molecule has 1 aromatic rings. The first-order valence-corrected chi connectivity index (χ1v) is 8.29. The van der Waals surface area contributed by atoms with Crippen molar-refractivity contribution < 1.29 is 19.4 Å². The summed E-state index contributed by atoms with van der Waals surface area (Å²) in [4.78, 5) is 27.5. The minimum Gasteiger partial charge on any atom is -0.444 e. The molecule has 1 heterocycles. The highest BCUT2D eigenvalue weighted by atomic mass is 32.1. The van der Waals surface area contributed by atoms with Crippen molar-refractivity contribution in [2.24, 2.45) is 10.5 Å². The molecule has 0 bridgehead atoms. The van der Waals surface area contributed by atoms with E-state index in [1.165, 1.54) is 6.21 Å². The van der Waals surface area contributed by atoms with Gasteiger partial charge in [0.05, 0.1) is 22.4 Å². The maximum Gasteiger partial charge on any atom is 0.413 e. The number of amides is 1. The number of allylic oxidation sites excluding steroid dienone is 2. The van der Waals surface area contributed by atoms with Gasteiger partial charge in [0.1, 0.15) is 5.60 Å². The standard InChI is InChI=1S/C14H21N4O4PS/c1-7(20)11-10(8(5-16-23)9(15)6-19)17-12(24-11)18-13(21)22-14(2,3)4/h5-7,20H,15,23H2,1-4H3,(H,17,18,21). The monoisotopic (exact) mass is 372 g/mol. The van der Waals surface area contributed by atoms with E-state index in [2.05, 4.69) is 24.5 Å². The summed E-state index contributed by atoms with van der Waals surface area (Å²) in [6.07, 6.45) is 0.257. The van der Waals surface area contributed by atoms with Crippen LogP contribution in [-0.4, -0.2) is 34.3 Å². The van der Waals surface area contributed by atoms with Gasteiger partial charge >= 0.3 is 6.09 Å². The Morgan fingerprint density at radius 1 is 1.54 bits per heavy atom. The third kappa shape index (κ3) is 5.67. The Balaban J connectivity index is 3.26. The van der Waals surface area contributed by atoms with Crippen LogP contribution in [0.2, 0.25) is 0 Å². The number of aliphatic hydroxyl groups is 1. The van der Waals surface area contributed by atoms with Gasteiger partial charge in [-0.3, -0.25) is 14.9 Å². The van der Waals surface area contributed by atoms with Gasteiger partial charge < -0.3 is 15.6 Å². The van der Waals surface area contributed by atoms with Gasteiger partial charge in [0, 0.05) is 11.8 Å². The Labute approximate surface area is 146 Å². The molecule has 2 unspecified atom stereocenters. The van der Waals surface area contributed by atoms with Gasteiger partial charge in [-0.15, -0.1) is 0 Å². The van der Waals surface area contributed by atoms with Crippen molar-refractivity contribution >= 4 is 50.0 Å². The maximum atomic E-state index is 11.9. The third-order valence-corrected chi connectivity index (χ3v) is 3.83. The molecule has 24 heavy (non-hydrogen) atoms. The molecule has 10 heteroatoms. The van der Waals surface area contributed by atoms with Crippen LogP contribution < -0.4 is 11.1 Å². The van der Waals surface area contributed by atoms with Crippen molar-refractivity contribution in [2.45, 2.75) is 39.4 Å². The van der Waals surface area contributed by atoms with Crippen LogP contribution in [0.3, 0.4) is 0 Å². The highest BCUT2D eigenvalue weighted by Crippen LogP contribution is 2.33. The van der Waals surface area contributed by atoms with Gasteiger partial charge in [-0.25, -0.2) is 9.78 Å². The van der Waals surface area contributed by atoms with E-state index in [1.54, 1.807) is 27.7 Å². The number of carbonyl (C=O) groups is 2. The van der Waals surface area contributed by atoms with E-state index in [0.29, 0.717) is 11.2 Å². The number of nitrogens with one attached hydrogen (secondary N) is 1. The Morgan fingerprint density at radius 3 is 2.62 bits per heavy atom. The second-order valence-corrected chi connectivity index (χ2v) is 7.13. The second kappa shape index (κ2) is 8.32. The number of nitrogens with two attached hydrogens (primary N) is 1. The number of nitrogens with zero attached hydrogens (tertiary/aromatic N) is 2. The number of aliphatic hydroxyl groups excluding tert-OH is 1. The maximum absolute atomic E-state index is 11.9. The largest absolute Gasteiger partial charge is 0.444 e. The molecule has 0 aromatic carbocycles. The van der Waals surface area contributed by atoms with Gasteiger partial charge in [0.2, 0.25) is 0 Å². The number of rotatable bonds is 5. The molecule has 0 saturated heterocycles. The minimum atomic E-state index is -0.876. The van der Waals surface area contributed by atoms with Crippen molar-refractivity contribution in [1.29, 1.82) is 0 Å². The number of thiazole rings is 1. The molecule has 132 valence electrons. The fourth-order valence-corrected chi connectivity index (χ4v) is 2.71. The minimum absolute atomic E-state index is 0.0859. The average Bonchev–Trinajstić information content (AvgIpc) is 2.85. The second-order valence-electron chi connectivity index (χ2n) is 5.80. The van der Waals surface area contributed by atoms with Crippen LogP contribution in [0.5, 0.6) is 0 Å². The number of anilines is 1. The molecule has 2 atom stereocenters. The van der Waals surface area contributed by atoms with Gasteiger partial charge in [0.15, 0.2) is 11.4 Å². The number of ether oxygens (including phenoxy) is 1. The number of hydrogen-bond acceptors (Lipinski definition) is 8. The molecule has 0 aliphatic heterocycles. The van der Waals surface area contributed by atoms with Gasteiger partial charge in [-0.2, -0.15) is 0 Å². The fourth-order valence-electron chi connectivity index (χ4n) is 1.66. The highest BCUT2D eigenvalue weighted by Gasteiger charge is 2.22. The zero-order valence-corrected chi connectivity index (χ0v) is 15.8. The van der Waals surface area contributed by atoms with Crippen molar-refractivity contribution in [2.75, 3.05) is 5.32 Å². The first-order valence-electron chi connectivity index (χ1n) is 6.96. The lowest BCUT2D eigenvalue weighted by Crippen LogP contribution is -2.27. The number of hydrogen-bond donors (Lipinski definition) is 3. The van der Waals surface area contributed by atoms with E-state index in [0.717, 1.165) is 11.3 Å². The molecular formula is C14H21N4O4PS. The zero-order valence-electron chi connectivity index (χ0n) is 13.9. The summed E-state index contributed by atoms with van der Waals surface area (Å²) in [7, 11) is 2.12. The van der Waals surface area contributed by atoms with Crippen molar-refractivity contribution in [3.05, 3.63) is 16.3 Å². The number of aldehydes is 1. The molecule has 0 radical (unpaired) electrons. The predicted molar refractivity (Wildman–Crippen MR) is 98.0 cm³/mol. The zero-order chi connectivity index (χ0) is 18.5. The Kier molecular flexibility index (Phi) is 7.01. The molecule has 0 spiro atoms. The average molecular weight is 372 g/mol. The molecule has 0 saturated carbocycles. The van der Waals surface area contributed by atoms with Crippen LogP contribution in [0, 0.1) is 0 Å². The molecule has 0 fully saturated rings. The number of aromatic nitrogens is 1. The van der Waals surface area contributed by atoms with Crippen LogP contribution in [0.1, 0.15) is 44.4 Å². The van der Waals surface area contributed by atoms with Crippen LogP contribution >= 0.6 is 20.7 Å². The van der Waals surface area contributed by atoms with Crippen molar-refractivity contribution in [3.8, 4) is 0 Å². The van der Waals surface area contributed by atoms with Gasteiger partial charge in [-0.1, -0.05) is 11.3 Å². The topological polar surface area (TPSA) is 127 Å². The van der Waals surface area contributed by atoms with Crippen molar-refractivity contribution in [3.63, 3.8) is 0 Å². The lowest BCUT2D eigenvalue weighted by Gasteiger charge is -2.18. The summed E-state index contributed by atoms with van der Waals surface area (Å²) in [6.45, 7) is 6.76. The molecule has 8 nitrogen and oxygen atoms in total. The summed E-state index contributed by atoms with van der Waals surface area (Å²) in [6, 6.07) is 0. The third-order valence-electron chi connectivity index (χ3n) is 2.54. The molecule has 0 aliphatic rings. The Hall–Kier alpha value is -1.83. The van der Waals surface area contributed by atoms with E-state index in [1.807, 2.05) is 0 Å². The summed E-state index contributed by atoms with van der Waals surface area (Å²) >= 11 is 1.06. The molecule has 4 N–H and O–H groups in total. The first kappa shape index (κ1) is 20.2. The number of carbonyl (C=O) groups excluding carboxylic acids is 2. The summed E-state index contributed by atoms with van der Waals surface area (Å²) in [5.74, 6) is 0. The van der Waals surface area contributed by atoms with E-state index >= 15 is 0 Å². The van der Waals surface area contributed by atoms with Crippen LogP contribution in [-0.2, 0) is 9.53 Å². The van der Waals surface area contributed by atoms with E-state index in [-0.39, 0.29) is 22.1 Å². The molecule has 1 rings (SSSR count). The van der Waals surface area contributed by atoms with Gasteiger partial charge in [0.25, 0.3) is 0 Å². The van der Waals surface area contributed by atoms with Crippen LogP contribution in [0.15, 0.2) is 10.5 Å². The van der Waals surface area contributed by atoms with E-state index in [4.69, 9.17) is 10.5 Å². The Morgan fingerprint density at radius 2 is 2.17 bits per heavy atom. The van der Waals surface area contributed by atoms with E-state index in [9.17, 15) is 14.7 Å². The molecule has 1 aromatic heterocycles. The lowest BCUT2D eigenvalue weighted by molar-refractivity contribution is -0.104. The van der Waals surface area contributed by atoms with Crippen molar-refractivity contribution in [1.82, 2.24) is 4.98 Å². The Bertz CT molecular complexity index is 677. The van der Waals surface area contributed by atoms with Gasteiger partial charge in [-0.05, 0) is 37.1 Å². The quantitative estimate of drug-likeness (QED) is 0.315. The van der Waals surface area contributed by atoms with Crippen LogP contribution in [0.4, 0.5) is 9.93 Å². The SMILES string of the molecule is CC(O)c1sc(NC(=O)OC(C)(C)C)nc1C(C=NP)=C(N)C=O. The molecular weight excluding hydrogens is 351 g/mol. The summed E-state index contributed by atoms with van der Waals surface area (Å²) < 4.78 is 8.93. The van der Waals surface area contributed by atoms with Crippen LogP contribution in [0.25, 0.3) is 5.57 Å². The lowest BCUT2D eigenvalue weighted by atomic mass is 10.1. The van der Waals surface area contributed by atoms with E-state index < -0.39 is 17.8 Å². The molecule has 0 aliphatic carbocycles. The predicted octanol–water partition coefficient (Wildman–Crippen LogP) is 2.27. The highest BCUT2D eigenvalue weighted by molar-refractivity contribution is 7.16. The molecule has 1 amide bonds. The smallest absolute Gasteiger partial charge is 0.413 e. The normalized spacial score (nSPS) is 14.2. The summed E-state index contributed by atoms with van der Waals surface area (Å²) in [5, 5.41) is 12.6. The summed E-state index contributed by atoms with van der Waals surface area (Å²) in [5.41, 5.74) is 5.47. The fraction of sp³-hybridized carbons (Fsp3) is 0.429.